The third-order valence-electron chi connectivity index (χ3n) is 4.87. The van der Waals surface area contributed by atoms with Gasteiger partial charge in [0.25, 0.3) is 0 Å². The van der Waals surface area contributed by atoms with Crippen LogP contribution in [0.25, 0.3) is 0 Å². The van der Waals surface area contributed by atoms with E-state index in [1.165, 1.54) is 12.8 Å². The topological polar surface area (TPSA) is 76.4 Å². The van der Waals surface area contributed by atoms with Crippen LogP contribution in [0.4, 0.5) is 16.2 Å². The number of hydrogen-bond acceptors (Lipinski definition) is 5. The minimum atomic E-state index is -0.641. The van der Waals surface area contributed by atoms with Crippen LogP contribution in [0, 0.1) is 18.8 Å². The van der Waals surface area contributed by atoms with E-state index in [4.69, 9.17) is 20.9 Å². The SMILES string of the molecule is Cc1noc(C#Cc2ccc(NC3CC3)cc2)c1NC(=O)OC(C)c1ccccc1Cl. The van der Waals surface area contributed by atoms with Crippen molar-refractivity contribution < 1.29 is 14.1 Å². The van der Waals surface area contributed by atoms with Crippen LogP contribution in [-0.4, -0.2) is 17.3 Å². The number of amides is 1. The summed E-state index contributed by atoms with van der Waals surface area (Å²) in [6.07, 6.45) is 1.28. The molecule has 158 valence electrons. The first kappa shape index (κ1) is 20.8. The number of hydrogen-bond donors (Lipinski definition) is 2. The molecule has 1 amide bonds. The number of carbonyl (C=O) groups excluding carboxylic acids is 1. The quantitative estimate of drug-likeness (QED) is 0.486. The Morgan fingerprint density at radius 1 is 1.19 bits per heavy atom. The molecule has 1 aliphatic carbocycles. The highest BCUT2D eigenvalue weighted by atomic mass is 35.5. The van der Waals surface area contributed by atoms with Gasteiger partial charge in [-0.2, -0.15) is 0 Å². The molecular weight excluding hydrogens is 414 g/mol. The van der Waals surface area contributed by atoms with E-state index in [-0.39, 0.29) is 5.76 Å². The van der Waals surface area contributed by atoms with E-state index >= 15 is 0 Å². The summed E-state index contributed by atoms with van der Waals surface area (Å²) in [5.41, 5.74) is 3.53. The minimum Gasteiger partial charge on any atom is -0.441 e. The Balaban J connectivity index is 1.42. The fourth-order valence-electron chi connectivity index (χ4n) is 3.00. The highest BCUT2D eigenvalue weighted by Gasteiger charge is 2.20. The molecule has 7 heteroatoms. The van der Waals surface area contributed by atoms with Gasteiger partial charge < -0.3 is 14.6 Å². The summed E-state index contributed by atoms with van der Waals surface area (Å²) in [7, 11) is 0. The smallest absolute Gasteiger partial charge is 0.412 e. The molecule has 0 bridgehead atoms. The van der Waals surface area contributed by atoms with Crippen LogP contribution in [0.5, 0.6) is 0 Å². The van der Waals surface area contributed by atoms with Gasteiger partial charge in [0.15, 0.2) is 0 Å². The first-order valence-electron chi connectivity index (χ1n) is 10.1. The van der Waals surface area contributed by atoms with E-state index in [2.05, 4.69) is 27.6 Å². The molecule has 6 nitrogen and oxygen atoms in total. The summed E-state index contributed by atoms with van der Waals surface area (Å²) in [5, 5.41) is 10.6. The Kier molecular flexibility index (Phi) is 6.15. The number of nitrogens with one attached hydrogen (secondary N) is 2. The van der Waals surface area contributed by atoms with Crippen LogP contribution < -0.4 is 10.6 Å². The van der Waals surface area contributed by atoms with E-state index in [9.17, 15) is 4.79 Å². The number of nitrogens with zero attached hydrogens (tertiary/aromatic N) is 1. The Bertz CT molecular complexity index is 1140. The zero-order valence-electron chi connectivity index (χ0n) is 17.2. The number of anilines is 2. The van der Waals surface area contributed by atoms with Crippen molar-refractivity contribution in [1.82, 2.24) is 5.16 Å². The van der Waals surface area contributed by atoms with Gasteiger partial charge >= 0.3 is 6.09 Å². The summed E-state index contributed by atoms with van der Waals surface area (Å²) in [6.45, 7) is 3.48. The van der Waals surface area contributed by atoms with Gasteiger partial charge in [0.05, 0.1) is 0 Å². The van der Waals surface area contributed by atoms with E-state index in [0.29, 0.717) is 22.4 Å². The van der Waals surface area contributed by atoms with Gasteiger partial charge in [-0.25, -0.2) is 4.79 Å². The van der Waals surface area contributed by atoms with Crippen molar-refractivity contribution >= 4 is 29.1 Å². The second-order valence-electron chi connectivity index (χ2n) is 7.41. The number of ether oxygens (including phenoxy) is 1. The molecule has 1 aromatic heterocycles. The number of benzene rings is 2. The average molecular weight is 436 g/mol. The normalized spacial score (nSPS) is 13.6. The van der Waals surface area contributed by atoms with Crippen molar-refractivity contribution in [3.05, 3.63) is 76.1 Å². The number of aryl methyl sites for hydroxylation is 1. The highest BCUT2D eigenvalue weighted by Crippen LogP contribution is 2.27. The molecule has 1 saturated carbocycles. The van der Waals surface area contributed by atoms with Crippen LogP contribution in [0.15, 0.2) is 53.1 Å². The maximum absolute atomic E-state index is 12.4. The molecule has 4 rings (SSSR count). The largest absolute Gasteiger partial charge is 0.441 e. The first-order chi connectivity index (χ1) is 15.0. The molecule has 0 radical (unpaired) electrons. The van der Waals surface area contributed by atoms with E-state index in [1.807, 2.05) is 42.5 Å². The van der Waals surface area contributed by atoms with Crippen molar-refractivity contribution in [2.75, 3.05) is 10.6 Å². The molecule has 1 aliphatic rings. The van der Waals surface area contributed by atoms with Crippen molar-refractivity contribution in [3.8, 4) is 11.8 Å². The van der Waals surface area contributed by atoms with Crippen LogP contribution in [-0.2, 0) is 4.74 Å². The molecule has 1 unspecified atom stereocenters. The van der Waals surface area contributed by atoms with Gasteiger partial charge in [-0.1, -0.05) is 40.9 Å². The summed E-state index contributed by atoms with van der Waals surface area (Å²) >= 11 is 6.17. The second kappa shape index (κ2) is 9.15. The maximum atomic E-state index is 12.4. The fraction of sp³-hybridized carbons (Fsp3) is 0.250. The highest BCUT2D eigenvalue weighted by molar-refractivity contribution is 6.31. The first-order valence-corrected chi connectivity index (χ1v) is 10.4. The summed E-state index contributed by atoms with van der Waals surface area (Å²) < 4.78 is 10.7. The average Bonchev–Trinajstić information content (AvgIpc) is 3.51. The summed E-state index contributed by atoms with van der Waals surface area (Å²) in [4.78, 5) is 12.4. The number of carbonyl (C=O) groups is 1. The van der Waals surface area contributed by atoms with Crippen molar-refractivity contribution in [3.63, 3.8) is 0 Å². The lowest BCUT2D eigenvalue weighted by molar-refractivity contribution is 0.121. The van der Waals surface area contributed by atoms with Gasteiger partial charge in [-0.3, -0.25) is 5.32 Å². The van der Waals surface area contributed by atoms with Crippen molar-refractivity contribution in [1.29, 1.82) is 0 Å². The molecule has 3 aromatic rings. The Hall–Kier alpha value is -3.43. The molecule has 0 saturated heterocycles. The number of halogens is 1. The Morgan fingerprint density at radius 3 is 2.65 bits per heavy atom. The van der Waals surface area contributed by atoms with Crippen LogP contribution in [0.1, 0.15) is 48.5 Å². The second-order valence-corrected chi connectivity index (χ2v) is 7.82. The molecule has 2 aromatic carbocycles. The van der Waals surface area contributed by atoms with E-state index in [0.717, 1.165) is 16.8 Å². The third-order valence-corrected chi connectivity index (χ3v) is 5.21. The third kappa shape index (κ3) is 5.39. The lowest BCUT2D eigenvalue weighted by atomic mass is 10.1. The van der Waals surface area contributed by atoms with Crippen molar-refractivity contribution in [2.24, 2.45) is 0 Å². The Morgan fingerprint density at radius 2 is 1.94 bits per heavy atom. The van der Waals surface area contributed by atoms with Gasteiger partial charge in [-0.15, -0.1) is 0 Å². The number of aromatic nitrogens is 1. The minimum absolute atomic E-state index is 0.264. The molecule has 2 N–H and O–H groups in total. The molecule has 1 atom stereocenters. The van der Waals surface area contributed by atoms with Gasteiger partial charge in [0.1, 0.15) is 17.5 Å². The molecule has 0 aliphatic heterocycles. The van der Waals surface area contributed by atoms with Crippen LogP contribution in [0.3, 0.4) is 0 Å². The molecule has 0 spiro atoms. The molecule has 1 fully saturated rings. The van der Waals surface area contributed by atoms with Gasteiger partial charge in [-0.05, 0) is 62.9 Å². The zero-order valence-corrected chi connectivity index (χ0v) is 18.0. The standard InChI is InChI=1S/C24H22ClN3O3/c1-15-23(27-24(29)30-16(2)20-5-3-4-6-21(20)25)22(31-28-15)14-9-17-7-10-18(11-8-17)26-19-12-13-19/h3-8,10-11,16,19,26H,12-13H2,1-2H3,(H,27,29). The maximum Gasteiger partial charge on any atom is 0.412 e. The monoisotopic (exact) mass is 435 g/mol. The van der Waals surface area contributed by atoms with Crippen LogP contribution in [0.2, 0.25) is 5.02 Å². The number of rotatable bonds is 5. The lowest BCUT2D eigenvalue weighted by Gasteiger charge is -2.15. The van der Waals surface area contributed by atoms with E-state index in [1.54, 1.807) is 19.9 Å². The van der Waals surface area contributed by atoms with Gasteiger partial charge in [0, 0.05) is 27.9 Å². The predicted octanol–water partition coefficient (Wildman–Crippen LogP) is 5.92. The van der Waals surface area contributed by atoms with Crippen molar-refractivity contribution in [2.45, 2.75) is 38.8 Å². The summed E-state index contributed by atoms with van der Waals surface area (Å²) in [5.74, 6) is 6.23. The molecular formula is C24H22ClN3O3. The van der Waals surface area contributed by atoms with Crippen LogP contribution >= 0.6 is 11.6 Å². The fourth-order valence-corrected chi connectivity index (χ4v) is 3.29. The summed E-state index contributed by atoms with van der Waals surface area (Å²) in [6, 6.07) is 15.7. The zero-order chi connectivity index (χ0) is 21.8. The van der Waals surface area contributed by atoms with Gasteiger partial charge in [0.2, 0.25) is 5.76 Å². The lowest BCUT2D eigenvalue weighted by Crippen LogP contribution is -2.17. The Labute approximate surface area is 185 Å². The molecule has 31 heavy (non-hydrogen) atoms. The molecule has 1 heterocycles. The van der Waals surface area contributed by atoms with E-state index < -0.39 is 12.2 Å². The predicted molar refractivity (Wildman–Crippen MR) is 120 cm³/mol.